The first kappa shape index (κ1) is 14.5. The van der Waals surface area contributed by atoms with Crippen molar-refractivity contribution >= 4 is 20.7 Å². The smallest absolute Gasteiger partial charge is 0.198 e. The Morgan fingerprint density at radius 3 is 2.65 bits per heavy atom. The van der Waals surface area contributed by atoms with Gasteiger partial charge in [0.15, 0.2) is 9.84 Å². The number of H-pyrrole nitrogens is 1. The maximum atomic E-state index is 13.3. The number of aromatic nitrogens is 1. The summed E-state index contributed by atoms with van der Waals surface area (Å²) in [5.41, 5.74) is 3.04. The van der Waals surface area contributed by atoms with Crippen LogP contribution in [0.5, 0.6) is 0 Å². The average molecular weight is 326 g/mol. The molecular formula is C18H18N2O2S. The van der Waals surface area contributed by atoms with Gasteiger partial charge in [0.25, 0.3) is 0 Å². The van der Waals surface area contributed by atoms with Gasteiger partial charge in [0, 0.05) is 23.6 Å². The van der Waals surface area contributed by atoms with E-state index in [4.69, 9.17) is 0 Å². The van der Waals surface area contributed by atoms with Crippen LogP contribution in [0.1, 0.15) is 23.4 Å². The maximum absolute atomic E-state index is 13.3. The third kappa shape index (κ3) is 2.11. The number of aromatic amines is 1. The fourth-order valence-corrected chi connectivity index (χ4v) is 5.44. The van der Waals surface area contributed by atoms with Crippen LogP contribution < -0.4 is 0 Å². The molecule has 0 radical (unpaired) electrons. The van der Waals surface area contributed by atoms with E-state index in [2.05, 4.69) is 4.98 Å². The van der Waals surface area contributed by atoms with Crippen LogP contribution in [0, 0.1) is 0 Å². The van der Waals surface area contributed by atoms with Gasteiger partial charge in [-0.2, -0.15) is 0 Å². The van der Waals surface area contributed by atoms with Crippen LogP contribution in [0.25, 0.3) is 10.9 Å². The Morgan fingerprint density at radius 1 is 1.13 bits per heavy atom. The van der Waals surface area contributed by atoms with Crippen LogP contribution in [0.3, 0.4) is 0 Å². The summed E-state index contributed by atoms with van der Waals surface area (Å²) in [7, 11) is -3.48. The maximum Gasteiger partial charge on any atom is 0.198 e. The second kappa shape index (κ2) is 5.22. The highest BCUT2D eigenvalue weighted by atomic mass is 32.2. The number of sulfone groups is 1. The van der Waals surface area contributed by atoms with Gasteiger partial charge < -0.3 is 4.98 Å². The average Bonchev–Trinajstić information content (AvgIpc) is 3.00. The zero-order valence-corrected chi connectivity index (χ0v) is 13.7. The normalized spacial score (nSPS) is 18.4. The van der Waals surface area contributed by atoms with Crippen molar-refractivity contribution in [2.24, 2.45) is 0 Å². The first-order valence-corrected chi connectivity index (χ1v) is 9.29. The second-order valence-electron chi connectivity index (χ2n) is 5.86. The molecule has 0 amide bonds. The van der Waals surface area contributed by atoms with E-state index in [0.29, 0.717) is 18.0 Å². The third-order valence-corrected chi connectivity index (χ3v) is 6.63. The minimum absolute atomic E-state index is 0.374. The molecule has 1 atom stereocenters. The summed E-state index contributed by atoms with van der Waals surface area (Å²) in [6, 6.07) is 14.6. The summed E-state index contributed by atoms with van der Waals surface area (Å²) in [5, 5.41) is 0.420. The lowest BCUT2D eigenvalue weighted by Gasteiger charge is -2.34. The summed E-state index contributed by atoms with van der Waals surface area (Å²) in [6.45, 7) is 3.33. The Labute approximate surface area is 135 Å². The van der Waals surface area contributed by atoms with Gasteiger partial charge in [0.05, 0.1) is 4.90 Å². The Balaban J connectivity index is 1.97. The summed E-state index contributed by atoms with van der Waals surface area (Å²) < 4.78 is 26.6. The number of rotatable bonds is 3. The van der Waals surface area contributed by atoms with Crippen LogP contribution in [0.15, 0.2) is 59.6 Å². The van der Waals surface area contributed by atoms with Crippen molar-refractivity contribution in [2.45, 2.75) is 23.7 Å². The molecule has 2 aromatic carbocycles. The molecule has 4 rings (SSSR count). The molecular weight excluding hydrogens is 308 g/mol. The van der Waals surface area contributed by atoms with Gasteiger partial charge >= 0.3 is 0 Å². The van der Waals surface area contributed by atoms with E-state index >= 15 is 0 Å². The van der Waals surface area contributed by atoms with Crippen molar-refractivity contribution in [3.63, 3.8) is 0 Å². The molecule has 3 aromatic rings. The van der Waals surface area contributed by atoms with Gasteiger partial charge in [-0.05, 0) is 35.9 Å². The van der Waals surface area contributed by atoms with Crippen molar-refractivity contribution in [3.8, 4) is 0 Å². The minimum atomic E-state index is -3.48. The standard InChI is InChI=1S/C18H18N2O2S/c1-2-20-12-13-11-19-16-10-6-9-15(17(13)16)18(20)23(21,22)14-7-4-3-5-8-14/h3-11,18-19H,2,12H2,1H3. The molecule has 118 valence electrons. The number of nitrogens with zero attached hydrogens (tertiary/aromatic N) is 1. The van der Waals surface area contributed by atoms with Crippen LogP contribution in [-0.2, 0) is 16.4 Å². The van der Waals surface area contributed by atoms with Crippen molar-refractivity contribution in [1.29, 1.82) is 0 Å². The largest absolute Gasteiger partial charge is 0.361 e. The number of nitrogens with one attached hydrogen (secondary N) is 1. The molecule has 23 heavy (non-hydrogen) atoms. The zero-order chi connectivity index (χ0) is 16.0. The molecule has 0 saturated carbocycles. The summed E-state index contributed by atoms with van der Waals surface area (Å²) >= 11 is 0. The first-order chi connectivity index (χ1) is 11.1. The van der Waals surface area contributed by atoms with Crippen LogP contribution in [0.4, 0.5) is 0 Å². The van der Waals surface area contributed by atoms with Crippen LogP contribution in [-0.4, -0.2) is 24.8 Å². The molecule has 2 heterocycles. The fraction of sp³-hybridized carbons (Fsp3) is 0.222. The molecule has 1 aliphatic heterocycles. The predicted octanol–water partition coefficient (Wildman–Crippen LogP) is 3.48. The Kier molecular flexibility index (Phi) is 3.28. The van der Waals surface area contributed by atoms with Crippen molar-refractivity contribution < 1.29 is 8.42 Å². The molecule has 0 aliphatic carbocycles. The highest BCUT2D eigenvalue weighted by molar-refractivity contribution is 7.91. The topological polar surface area (TPSA) is 53.2 Å². The summed E-state index contributed by atoms with van der Waals surface area (Å²) in [5.74, 6) is 0. The van der Waals surface area contributed by atoms with Crippen molar-refractivity contribution in [3.05, 3.63) is 65.9 Å². The molecule has 5 heteroatoms. The minimum Gasteiger partial charge on any atom is -0.361 e. The lowest BCUT2D eigenvalue weighted by Crippen LogP contribution is -2.36. The molecule has 0 saturated heterocycles. The highest BCUT2D eigenvalue weighted by Gasteiger charge is 2.38. The molecule has 1 N–H and O–H groups in total. The number of benzene rings is 2. The van der Waals surface area contributed by atoms with Crippen LogP contribution in [0.2, 0.25) is 0 Å². The lowest BCUT2D eigenvalue weighted by molar-refractivity contribution is 0.249. The van der Waals surface area contributed by atoms with E-state index in [1.54, 1.807) is 24.3 Å². The SMILES string of the molecule is CCN1Cc2c[nH]c3cccc(c23)C1S(=O)(=O)c1ccccc1. The van der Waals surface area contributed by atoms with Gasteiger partial charge in [-0.25, -0.2) is 8.42 Å². The van der Waals surface area contributed by atoms with Gasteiger partial charge in [-0.1, -0.05) is 37.3 Å². The van der Waals surface area contributed by atoms with E-state index in [9.17, 15) is 8.42 Å². The van der Waals surface area contributed by atoms with Gasteiger partial charge in [-0.3, -0.25) is 4.90 Å². The second-order valence-corrected chi connectivity index (χ2v) is 7.87. The molecule has 1 unspecified atom stereocenters. The molecule has 0 fully saturated rings. The Morgan fingerprint density at radius 2 is 1.91 bits per heavy atom. The Bertz CT molecular complexity index is 961. The third-order valence-electron chi connectivity index (χ3n) is 4.56. The van der Waals surface area contributed by atoms with Gasteiger partial charge in [0.2, 0.25) is 0 Å². The van der Waals surface area contributed by atoms with E-state index in [-0.39, 0.29) is 0 Å². The quantitative estimate of drug-likeness (QED) is 0.802. The molecule has 1 aliphatic rings. The van der Waals surface area contributed by atoms with Crippen molar-refractivity contribution in [2.75, 3.05) is 6.54 Å². The van der Waals surface area contributed by atoms with Crippen LogP contribution >= 0.6 is 0 Å². The number of hydrogen-bond donors (Lipinski definition) is 1. The Hall–Kier alpha value is -2.11. The molecule has 0 bridgehead atoms. The predicted molar refractivity (Wildman–Crippen MR) is 90.8 cm³/mol. The van der Waals surface area contributed by atoms with E-state index < -0.39 is 15.2 Å². The lowest BCUT2D eigenvalue weighted by atomic mass is 10.0. The molecule has 0 spiro atoms. The number of hydrogen-bond acceptors (Lipinski definition) is 3. The summed E-state index contributed by atoms with van der Waals surface area (Å²) in [6.07, 6.45) is 1.99. The van der Waals surface area contributed by atoms with E-state index in [0.717, 1.165) is 22.0 Å². The van der Waals surface area contributed by atoms with Gasteiger partial charge in [0.1, 0.15) is 5.37 Å². The zero-order valence-electron chi connectivity index (χ0n) is 12.9. The molecule has 1 aromatic heterocycles. The van der Waals surface area contributed by atoms with E-state index in [1.807, 2.05) is 42.3 Å². The fourth-order valence-electron chi connectivity index (χ4n) is 3.49. The summed E-state index contributed by atoms with van der Waals surface area (Å²) in [4.78, 5) is 5.65. The van der Waals surface area contributed by atoms with Crippen molar-refractivity contribution in [1.82, 2.24) is 9.88 Å². The van der Waals surface area contributed by atoms with Gasteiger partial charge in [-0.15, -0.1) is 0 Å². The first-order valence-electron chi connectivity index (χ1n) is 7.75. The van der Waals surface area contributed by atoms with E-state index in [1.165, 1.54) is 0 Å². The monoisotopic (exact) mass is 326 g/mol. The molecule has 4 nitrogen and oxygen atoms in total. The highest BCUT2D eigenvalue weighted by Crippen LogP contribution is 2.41.